The Kier molecular flexibility index (Phi) is 2.51. The number of aromatic nitrogens is 4. The maximum Gasteiger partial charge on any atom is 0.146 e. The number of benzene rings is 2. The molecule has 0 fully saturated rings. The van der Waals surface area contributed by atoms with Gasteiger partial charge in [0, 0.05) is 23.2 Å². The van der Waals surface area contributed by atoms with Gasteiger partial charge < -0.3 is 0 Å². The zero-order chi connectivity index (χ0) is 18.2. The van der Waals surface area contributed by atoms with E-state index in [4.69, 9.17) is 4.98 Å². The highest BCUT2D eigenvalue weighted by molar-refractivity contribution is 6.15. The number of hydrogen-bond donors (Lipinski definition) is 0. The Morgan fingerprint density at radius 2 is 1.57 bits per heavy atom. The first-order chi connectivity index (χ1) is 13.9. The van der Waals surface area contributed by atoms with Crippen LogP contribution in [0.3, 0.4) is 0 Å². The van der Waals surface area contributed by atoms with Gasteiger partial charge in [-0.05, 0) is 58.3 Å². The fourth-order valence-electron chi connectivity index (χ4n) is 4.73. The molecule has 0 bridgehead atoms. The molecule has 0 spiro atoms. The SMILES string of the molecule is c1ccc2c(c1)Cc1cc3c4ccncc4n4c5cnccc5nc4c3cc1-2. The van der Waals surface area contributed by atoms with Crippen LogP contribution < -0.4 is 0 Å². The molecular weight excluding hydrogens is 344 g/mol. The van der Waals surface area contributed by atoms with Crippen LogP contribution in [0.4, 0.5) is 0 Å². The van der Waals surface area contributed by atoms with Gasteiger partial charge in [-0.3, -0.25) is 14.4 Å². The first-order valence-electron chi connectivity index (χ1n) is 9.41. The normalized spacial score (nSPS) is 12.9. The molecule has 130 valence electrons. The van der Waals surface area contributed by atoms with Crippen LogP contribution in [-0.4, -0.2) is 19.4 Å². The minimum atomic E-state index is 0.952. The molecule has 1 aliphatic rings. The third kappa shape index (κ3) is 1.68. The summed E-state index contributed by atoms with van der Waals surface area (Å²) in [5, 5.41) is 3.60. The molecule has 4 nitrogen and oxygen atoms in total. The lowest BCUT2D eigenvalue weighted by Gasteiger charge is -2.11. The van der Waals surface area contributed by atoms with Gasteiger partial charge in [-0.15, -0.1) is 0 Å². The first-order valence-corrected chi connectivity index (χ1v) is 9.41. The highest BCUT2D eigenvalue weighted by Crippen LogP contribution is 2.41. The Morgan fingerprint density at radius 3 is 2.54 bits per heavy atom. The molecule has 4 heteroatoms. The summed E-state index contributed by atoms with van der Waals surface area (Å²) in [5.41, 5.74) is 9.43. The third-order valence-electron chi connectivity index (χ3n) is 5.96. The average Bonchev–Trinajstić information content (AvgIpc) is 3.31. The van der Waals surface area contributed by atoms with Crippen molar-refractivity contribution in [3.8, 4) is 11.1 Å². The van der Waals surface area contributed by atoms with Gasteiger partial charge in [-0.2, -0.15) is 0 Å². The molecule has 0 saturated carbocycles. The zero-order valence-corrected chi connectivity index (χ0v) is 14.9. The first kappa shape index (κ1) is 14.3. The standard InChI is InChI=1S/C24H14N4/c1-2-4-16-14(3-1)9-15-10-19-17-5-7-25-12-22(17)28-23-13-26-8-6-21(23)27-24(28)20(19)11-18(15)16/h1-8,10-13H,9H2. The van der Waals surface area contributed by atoms with Crippen LogP contribution in [0.5, 0.6) is 0 Å². The lowest BCUT2D eigenvalue weighted by molar-refractivity contribution is 1.25. The third-order valence-corrected chi connectivity index (χ3v) is 5.96. The van der Waals surface area contributed by atoms with Crippen LogP contribution in [0.15, 0.2) is 73.3 Å². The van der Waals surface area contributed by atoms with E-state index in [0.29, 0.717) is 0 Å². The minimum absolute atomic E-state index is 0.952. The second-order valence-corrected chi connectivity index (χ2v) is 7.42. The number of nitrogens with zero attached hydrogens (tertiary/aromatic N) is 4. The van der Waals surface area contributed by atoms with E-state index < -0.39 is 0 Å². The summed E-state index contributed by atoms with van der Waals surface area (Å²) in [7, 11) is 0. The maximum absolute atomic E-state index is 4.97. The largest absolute Gasteiger partial charge is 0.289 e. The van der Waals surface area contributed by atoms with Gasteiger partial charge >= 0.3 is 0 Å². The molecular formula is C24H14N4. The van der Waals surface area contributed by atoms with Crippen LogP contribution in [0.1, 0.15) is 11.1 Å². The van der Waals surface area contributed by atoms with Crippen molar-refractivity contribution in [1.29, 1.82) is 0 Å². The summed E-state index contributed by atoms with van der Waals surface area (Å²) in [6.07, 6.45) is 8.46. The summed E-state index contributed by atoms with van der Waals surface area (Å²) in [6.45, 7) is 0. The molecule has 28 heavy (non-hydrogen) atoms. The summed E-state index contributed by atoms with van der Waals surface area (Å²) in [6, 6.07) is 17.4. The lowest BCUT2D eigenvalue weighted by Crippen LogP contribution is -1.93. The Labute approximate surface area is 160 Å². The molecule has 4 aromatic heterocycles. The van der Waals surface area contributed by atoms with Crippen LogP contribution >= 0.6 is 0 Å². The topological polar surface area (TPSA) is 43.1 Å². The quantitative estimate of drug-likeness (QED) is 0.352. The second kappa shape index (κ2) is 4.93. The Hall–Kier alpha value is -3.79. The van der Waals surface area contributed by atoms with Gasteiger partial charge in [0.05, 0.1) is 28.9 Å². The zero-order valence-electron chi connectivity index (χ0n) is 14.9. The summed E-state index contributed by atoms with van der Waals surface area (Å²) in [5.74, 6) is 0. The minimum Gasteiger partial charge on any atom is -0.289 e. The Morgan fingerprint density at radius 1 is 0.714 bits per heavy atom. The van der Waals surface area contributed by atoms with Crippen LogP contribution in [-0.2, 0) is 6.42 Å². The van der Waals surface area contributed by atoms with Gasteiger partial charge in [0.2, 0.25) is 0 Å². The van der Waals surface area contributed by atoms with Gasteiger partial charge in [-0.25, -0.2) is 4.98 Å². The van der Waals surface area contributed by atoms with Crippen molar-refractivity contribution >= 4 is 38.4 Å². The molecule has 0 radical (unpaired) electrons. The second-order valence-electron chi connectivity index (χ2n) is 7.42. The van der Waals surface area contributed by atoms with Gasteiger partial charge in [0.15, 0.2) is 0 Å². The van der Waals surface area contributed by atoms with Gasteiger partial charge in [-0.1, -0.05) is 24.3 Å². The van der Waals surface area contributed by atoms with Crippen molar-refractivity contribution in [3.05, 3.63) is 84.4 Å². The van der Waals surface area contributed by atoms with E-state index in [1.54, 1.807) is 6.20 Å². The smallest absolute Gasteiger partial charge is 0.146 e. The summed E-state index contributed by atoms with van der Waals surface area (Å²) < 4.78 is 2.19. The highest BCUT2D eigenvalue weighted by atomic mass is 15.0. The van der Waals surface area contributed by atoms with Crippen molar-refractivity contribution in [1.82, 2.24) is 19.4 Å². The molecule has 0 N–H and O–H groups in total. The van der Waals surface area contributed by atoms with Crippen molar-refractivity contribution < 1.29 is 0 Å². The van der Waals surface area contributed by atoms with Gasteiger partial charge in [0.1, 0.15) is 5.65 Å². The monoisotopic (exact) mass is 358 g/mol. The fraction of sp³-hybridized carbons (Fsp3) is 0.0417. The van der Waals surface area contributed by atoms with Crippen molar-refractivity contribution in [3.63, 3.8) is 0 Å². The highest BCUT2D eigenvalue weighted by Gasteiger charge is 2.21. The lowest BCUT2D eigenvalue weighted by atomic mass is 9.99. The van der Waals surface area contributed by atoms with E-state index in [0.717, 1.165) is 28.6 Å². The Balaban J connectivity index is 1.75. The van der Waals surface area contributed by atoms with E-state index in [2.05, 4.69) is 56.8 Å². The number of hydrogen-bond acceptors (Lipinski definition) is 3. The van der Waals surface area contributed by atoms with Crippen molar-refractivity contribution in [2.75, 3.05) is 0 Å². The van der Waals surface area contributed by atoms with E-state index in [1.807, 2.05) is 24.7 Å². The molecule has 1 aliphatic carbocycles. The summed E-state index contributed by atoms with van der Waals surface area (Å²) in [4.78, 5) is 13.7. The number of imidazole rings is 1. The van der Waals surface area contributed by atoms with E-state index in [-0.39, 0.29) is 0 Å². The van der Waals surface area contributed by atoms with Crippen molar-refractivity contribution in [2.24, 2.45) is 0 Å². The van der Waals surface area contributed by atoms with Crippen LogP contribution in [0.2, 0.25) is 0 Å². The predicted octanol–water partition coefficient (Wildman–Crippen LogP) is 5.16. The van der Waals surface area contributed by atoms with Gasteiger partial charge in [0.25, 0.3) is 0 Å². The van der Waals surface area contributed by atoms with E-state index >= 15 is 0 Å². The molecule has 6 aromatic rings. The van der Waals surface area contributed by atoms with Crippen LogP contribution in [0, 0.1) is 0 Å². The number of pyridine rings is 3. The molecule has 0 amide bonds. The average molecular weight is 358 g/mol. The summed E-state index contributed by atoms with van der Waals surface area (Å²) >= 11 is 0. The Bertz CT molecular complexity index is 1590. The van der Waals surface area contributed by atoms with Crippen LogP contribution in [0.25, 0.3) is 49.5 Å². The maximum atomic E-state index is 4.97. The molecule has 0 atom stereocenters. The molecule has 7 rings (SSSR count). The van der Waals surface area contributed by atoms with Crippen molar-refractivity contribution in [2.45, 2.75) is 6.42 Å². The molecule has 0 saturated heterocycles. The molecule has 2 aromatic carbocycles. The molecule has 0 aliphatic heterocycles. The molecule has 0 unspecified atom stereocenters. The number of rotatable bonds is 0. The fourth-order valence-corrected chi connectivity index (χ4v) is 4.73. The van der Waals surface area contributed by atoms with E-state index in [9.17, 15) is 0 Å². The number of fused-ring (bicyclic) bond motifs is 11. The predicted molar refractivity (Wildman–Crippen MR) is 112 cm³/mol. The van der Waals surface area contributed by atoms with E-state index in [1.165, 1.54) is 38.4 Å². The molecule has 4 heterocycles.